The lowest BCUT2D eigenvalue weighted by molar-refractivity contribution is 0.687. The zero-order valence-corrected chi connectivity index (χ0v) is 8.11. The summed E-state index contributed by atoms with van der Waals surface area (Å²) < 4.78 is 0. The van der Waals surface area contributed by atoms with Crippen LogP contribution in [-0.2, 0) is 0 Å². The van der Waals surface area contributed by atoms with Gasteiger partial charge in [0, 0.05) is 12.7 Å². The van der Waals surface area contributed by atoms with E-state index in [9.17, 15) is 0 Å². The smallest absolute Gasteiger partial charge is 0.0700 e. The number of nitrogens with zero attached hydrogens (tertiary/aromatic N) is 2. The molecule has 0 fully saturated rings. The number of unbranched alkanes of at least 4 members (excludes halogenated alkanes) is 2. The van der Waals surface area contributed by atoms with E-state index >= 15 is 0 Å². The van der Waals surface area contributed by atoms with Crippen molar-refractivity contribution < 1.29 is 0 Å². The second kappa shape index (κ2) is 5.54. The molecule has 0 atom stereocenters. The van der Waals surface area contributed by atoms with E-state index in [0.29, 0.717) is 0 Å². The Morgan fingerprint density at radius 2 is 2.31 bits per heavy atom. The molecule has 1 aromatic heterocycles. The van der Waals surface area contributed by atoms with Gasteiger partial charge in [0.15, 0.2) is 0 Å². The van der Waals surface area contributed by atoms with Crippen LogP contribution in [0.2, 0.25) is 0 Å². The molecule has 13 heavy (non-hydrogen) atoms. The summed E-state index contributed by atoms with van der Waals surface area (Å²) in [5.74, 6) is 5.83. The van der Waals surface area contributed by atoms with Gasteiger partial charge in [-0.1, -0.05) is 19.8 Å². The van der Waals surface area contributed by atoms with Gasteiger partial charge in [-0.05, 0) is 18.6 Å². The molecule has 0 saturated heterocycles. The standard InChI is InChI=1S/C10H17N3/c1-2-3-4-8-13(11)10-6-5-7-12-9-10/h5-7,9H,2-4,8,11H2,1H3. The second-order valence-corrected chi connectivity index (χ2v) is 3.11. The Bertz CT molecular complexity index is 223. The minimum Gasteiger partial charge on any atom is -0.310 e. The lowest BCUT2D eigenvalue weighted by atomic mass is 10.2. The van der Waals surface area contributed by atoms with Crippen LogP contribution in [0.5, 0.6) is 0 Å². The first-order chi connectivity index (χ1) is 6.34. The van der Waals surface area contributed by atoms with Crippen molar-refractivity contribution in [3.63, 3.8) is 0 Å². The molecule has 0 aliphatic rings. The Labute approximate surface area is 79.5 Å². The van der Waals surface area contributed by atoms with Crippen LogP contribution in [0.4, 0.5) is 5.69 Å². The zero-order valence-electron chi connectivity index (χ0n) is 8.11. The van der Waals surface area contributed by atoms with Crippen molar-refractivity contribution in [2.45, 2.75) is 26.2 Å². The Kier molecular flexibility index (Phi) is 4.26. The van der Waals surface area contributed by atoms with E-state index in [2.05, 4.69) is 11.9 Å². The lowest BCUT2D eigenvalue weighted by Gasteiger charge is -2.17. The molecule has 0 radical (unpaired) electrons. The van der Waals surface area contributed by atoms with E-state index in [4.69, 9.17) is 5.84 Å². The van der Waals surface area contributed by atoms with Crippen LogP contribution in [0.3, 0.4) is 0 Å². The molecule has 2 N–H and O–H groups in total. The van der Waals surface area contributed by atoms with Crippen molar-refractivity contribution in [3.8, 4) is 0 Å². The topological polar surface area (TPSA) is 42.1 Å². The largest absolute Gasteiger partial charge is 0.310 e. The molecule has 1 rings (SSSR count). The number of nitrogens with two attached hydrogens (primary N) is 1. The third-order valence-electron chi connectivity index (χ3n) is 1.98. The first kappa shape index (κ1) is 9.99. The van der Waals surface area contributed by atoms with Gasteiger partial charge in [-0.3, -0.25) is 4.98 Å². The molecule has 0 amide bonds. The molecule has 1 aromatic rings. The predicted molar refractivity (Wildman–Crippen MR) is 55.3 cm³/mol. The SMILES string of the molecule is CCCCCN(N)c1cccnc1. The molecule has 0 bridgehead atoms. The molecule has 0 aliphatic heterocycles. The van der Waals surface area contributed by atoms with Gasteiger partial charge in [0.05, 0.1) is 11.9 Å². The van der Waals surface area contributed by atoms with Crippen molar-refractivity contribution in [1.29, 1.82) is 0 Å². The molecule has 0 saturated carbocycles. The minimum absolute atomic E-state index is 0.902. The fourth-order valence-electron chi connectivity index (χ4n) is 1.18. The summed E-state index contributed by atoms with van der Waals surface area (Å²) >= 11 is 0. The van der Waals surface area contributed by atoms with E-state index in [1.165, 1.54) is 12.8 Å². The molecule has 1 heterocycles. The molecule has 0 aliphatic carbocycles. The fraction of sp³-hybridized carbons (Fsp3) is 0.500. The molecule has 0 spiro atoms. The fourth-order valence-corrected chi connectivity index (χ4v) is 1.18. The van der Waals surface area contributed by atoms with Gasteiger partial charge in [0.25, 0.3) is 0 Å². The second-order valence-electron chi connectivity index (χ2n) is 3.11. The van der Waals surface area contributed by atoms with Gasteiger partial charge >= 0.3 is 0 Å². The number of hydrazine groups is 1. The van der Waals surface area contributed by atoms with E-state index in [1.54, 1.807) is 17.4 Å². The first-order valence-corrected chi connectivity index (χ1v) is 4.77. The van der Waals surface area contributed by atoms with E-state index in [-0.39, 0.29) is 0 Å². The van der Waals surface area contributed by atoms with Crippen LogP contribution >= 0.6 is 0 Å². The summed E-state index contributed by atoms with van der Waals surface area (Å²) in [6, 6.07) is 3.87. The Morgan fingerprint density at radius 1 is 1.46 bits per heavy atom. The van der Waals surface area contributed by atoms with Crippen molar-refractivity contribution in [2.24, 2.45) is 5.84 Å². The average molecular weight is 179 g/mol. The number of hydrogen-bond donors (Lipinski definition) is 1. The highest BCUT2D eigenvalue weighted by Gasteiger charge is 1.98. The van der Waals surface area contributed by atoms with Crippen molar-refractivity contribution in [2.75, 3.05) is 11.6 Å². The van der Waals surface area contributed by atoms with Gasteiger partial charge in [0.1, 0.15) is 0 Å². The average Bonchev–Trinajstić information content (AvgIpc) is 2.19. The minimum atomic E-state index is 0.902. The lowest BCUT2D eigenvalue weighted by Crippen LogP contribution is -2.31. The van der Waals surface area contributed by atoms with Gasteiger partial charge in [0.2, 0.25) is 0 Å². The number of rotatable bonds is 5. The van der Waals surface area contributed by atoms with E-state index in [1.807, 2.05) is 12.1 Å². The maximum atomic E-state index is 5.83. The van der Waals surface area contributed by atoms with Crippen molar-refractivity contribution >= 4 is 5.69 Å². The summed E-state index contributed by atoms with van der Waals surface area (Å²) in [7, 11) is 0. The third-order valence-corrected chi connectivity index (χ3v) is 1.98. The van der Waals surface area contributed by atoms with Gasteiger partial charge in [-0.15, -0.1) is 0 Å². The predicted octanol–water partition coefficient (Wildman–Crippen LogP) is 1.95. The zero-order chi connectivity index (χ0) is 9.52. The monoisotopic (exact) mass is 179 g/mol. The number of hydrogen-bond acceptors (Lipinski definition) is 3. The summed E-state index contributed by atoms with van der Waals surface area (Å²) in [5.41, 5.74) is 0.985. The number of aromatic nitrogens is 1. The highest BCUT2D eigenvalue weighted by molar-refractivity contribution is 5.41. The summed E-state index contributed by atoms with van der Waals surface area (Å²) in [6.07, 6.45) is 7.13. The normalized spacial score (nSPS) is 10.0. The molecular formula is C10H17N3. The van der Waals surface area contributed by atoms with Gasteiger partial charge in [-0.25, -0.2) is 5.84 Å². The number of pyridine rings is 1. The molecule has 3 nitrogen and oxygen atoms in total. The summed E-state index contributed by atoms with van der Waals surface area (Å²) in [5, 5.41) is 1.75. The molecular weight excluding hydrogens is 162 g/mol. The first-order valence-electron chi connectivity index (χ1n) is 4.77. The van der Waals surface area contributed by atoms with Crippen LogP contribution in [-0.4, -0.2) is 11.5 Å². The van der Waals surface area contributed by atoms with Crippen LogP contribution < -0.4 is 10.9 Å². The Balaban J connectivity index is 2.35. The molecule has 0 aromatic carbocycles. The molecule has 3 heteroatoms. The Morgan fingerprint density at radius 3 is 2.92 bits per heavy atom. The van der Waals surface area contributed by atoms with Crippen LogP contribution in [0.1, 0.15) is 26.2 Å². The van der Waals surface area contributed by atoms with Gasteiger partial charge in [-0.2, -0.15) is 0 Å². The van der Waals surface area contributed by atoms with E-state index < -0.39 is 0 Å². The van der Waals surface area contributed by atoms with Crippen molar-refractivity contribution in [1.82, 2.24) is 4.98 Å². The van der Waals surface area contributed by atoms with Crippen LogP contribution in [0.15, 0.2) is 24.5 Å². The maximum absolute atomic E-state index is 5.83. The molecule has 0 unspecified atom stereocenters. The summed E-state index contributed by atoms with van der Waals surface area (Å²) in [4.78, 5) is 4.01. The third kappa shape index (κ3) is 3.42. The number of anilines is 1. The molecule has 72 valence electrons. The highest BCUT2D eigenvalue weighted by atomic mass is 15.4. The maximum Gasteiger partial charge on any atom is 0.0700 e. The summed E-state index contributed by atoms with van der Waals surface area (Å²) in [6.45, 7) is 3.09. The van der Waals surface area contributed by atoms with Crippen LogP contribution in [0, 0.1) is 0 Å². The quantitative estimate of drug-likeness (QED) is 0.427. The van der Waals surface area contributed by atoms with Gasteiger partial charge < -0.3 is 5.01 Å². The Hall–Kier alpha value is -1.09. The van der Waals surface area contributed by atoms with E-state index in [0.717, 1.165) is 18.7 Å². The van der Waals surface area contributed by atoms with Crippen molar-refractivity contribution in [3.05, 3.63) is 24.5 Å². The highest BCUT2D eigenvalue weighted by Crippen LogP contribution is 2.08. The van der Waals surface area contributed by atoms with Crippen LogP contribution in [0.25, 0.3) is 0 Å².